The Morgan fingerprint density at radius 2 is 2.24 bits per heavy atom. The van der Waals surface area contributed by atoms with Gasteiger partial charge in [-0.2, -0.15) is 0 Å². The van der Waals surface area contributed by atoms with Crippen LogP contribution in [0.5, 0.6) is 0 Å². The van der Waals surface area contributed by atoms with Crippen molar-refractivity contribution in [3.05, 3.63) is 28.8 Å². The highest BCUT2D eigenvalue weighted by Gasteiger charge is 2.38. The van der Waals surface area contributed by atoms with Gasteiger partial charge in [-0.25, -0.2) is 0 Å². The first-order chi connectivity index (χ1) is 8.13. The van der Waals surface area contributed by atoms with Crippen molar-refractivity contribution in [1.29, 1.82) is 0 Å². The van der Waals surface area contributed by atoms with E-state index < -0.39 is 0 Å². The van der Waals surface area contributed by atoms with E-state index in [1.165, 1.54) is 23.1 Å². The molecule has 17 heavy (non-hydrogen) atoms. The Balaban J connectivity index is 1.81. The van der Waals surface area contributed by atoms with Crippen LogP contribution in [-0.2, 0) is 11.3 Å². The minimum absolute atomic E-state index is 0.475. The fourth-order valence-corrected chi connectivity index (χ4v) is 3.02. The molecule has 0 amide bonds. The minimum Gasteiger partial charge on any atom is -0.399 e. The summed E-state index contributed by atoms with van der Waals surface area (Å²) in [6, 6.07) is 4.80. The number of fused-ring (bicyclic) bond motifs is 2. The Bertz CT molecular complexity index is 444. The van der Waals surface area contributed by atoms with Gasteiger partial charge in [-0.05, 0) is 49.1 Å². The van der Waals surface area contributed by atoms with E-state index in [1.54, 1.807) is 0 Å². The zero-order valence-corrected chi connectivity index (χ0v) is 10.6. The molecule has 0 saturated carbocycles. The van der Waals surface area contributed by atoms with E-state index in [9.17, 15) is 0 Å². The normalized spacial score (nSPS) is 27.9. The second-order valence-corrected chi connectivity index (χ2v) is 5.40. The van der Waals surface area contributed by atoms with Gasteiger partial charge in [-0.3, -0.25) is 4.90 Å². The zero-order valence-electron chi connectivity index (χ0n) is 10.6. The predicted octanol–water partition coefficient (Wildman–Crippen LogP) is 1.86. The summed E-state index contributed by atoms with van der Waals surface area (Å²) in [6.45, 7) is 7.33. The van der Waals surface area contributed by atoms with E-state index in [1.807, 2.05) is 0 Å². The number of rotatable bonds is 2. The highest BCUT2D eigenvalue weighted by atomic mass is 16.5. The molecule has 2 saturated heterocycles. The molecule has 2 bridgehead atoms. The lowest BCUT2D eigenvalue weighted by molar-refractivity contribution is 0.0272. The lowest BCUT2D eigenvalue weighted by Gasteiger charge is -2.27. The summed E-state index contributed by atoms with van der Waals surface area (Å²) in [5.74, 6) is 0. The molecule has 0 radical (unpaired) electrons. The molecular weight excluding hydrogens is 212 g/mol. The van der Waals surface area contributed by atoms with Crippen LogP contribution in [0.1, 0.15) is 23.1 Å². The number of anilines is 1. The number of nitrogens with zero attached hydrogens (tertiary/aromatic N) is 1. The smallest absolute Gasteiger partial charge is 0.0718 e. The summed E-state index contributed by atoms with van der Waals surface area (Å²) in [7, 11) is 0. The highest BCUT2D eigenvalue weighted by Crippen LogP contribution is 2.30. The molecular formula is C14H20N2O. The zero-order chi connectivity index (χ0) is 12.0. The Kier molecular flexibility index (Phi) is 2.60. The van der Waals surface area contributed by atoms with Gasteiger partial charge < -0.3 is 10.5 Å². The van der Waals surface area contributed by atoms with Crippen LogP contribution in [0.4, 0.5) is 5.69 Å². The molecule has 1 aromatic carbocycles. The number of aryl methyl sites for hydroxylation is 1. The topological polar surface area (TPSA) is 38.5 Å². The fraction of sp³-hybridized carbons (Fsp3) is 0.571. The van der Waals surface area contributed by atoms with Gasteiger partial charge in [0.25, 0.3) is 0 Å². The summed E-state index contributed by atoms with van der Waals surface area (Å²) in [5, 5.41) is 0. The largest absolute Gasteiger partial charge is 0.399 e. The maximum absolute atomic E-state index is 5.94. The molecule has 0 aromatic heterocycles. The number of hydrogen-bond acceptors (Lipinski definition) is 3. The highest BCUT2D eigenvalue weighted by molar-refractivity contribution is 5.48. The number of nitrogen functional groups attached to an aromatic ring is 1. The molecule has 2 atom stereocenters. The van der Waals surface area contributed by atoms with Gasteiger partial charge in [0.05, 0.1) is 12.7 Å². The van der Waals surface area contributed by atoms with Crippen molar-refractivity contribution in [2.45, 2.75) is 39.0 Å². The lowest BCUT2D eigenvalue weighted by Crippen LogP contribution is -2.36. The average molecular weight is 232 g/mol. The van der Waals surface area contributed by atoms with Crippen molar-refractivity contribution >= 4 is 5.69 Å². The summed E-state index contributed by atoms with van der Waals surface area (Å²) < 4.78 is 5.63. The first-order valence-electron chi connectivity index (χ1n) is 6.34. The number of benzene rings is 1. The molecule has 2 heterocycles. The molecule has 2 aliphatic rings. The third-order valence-electron chi connectivity index (χ3n) is 4.18. The van der Waals surface area contributed by atoms with Crippen LogP contribution < -0.4 is 5.73 Å². The van der Waals surface area contributed by atoms with Gasteiger partial charge in [0.15, 0.2) is 0 Å². The van der Waals surface area contributed by atoms with Crippen LogP contribution in [0, 0.1) is 13.8 Å². The summed E-state index contributed by atoms with van der Waals surface area (Å²) >= 11 is 0. The molecule has 2 unspecified atom stereocenters. The monoisotopic (exact) mass is 232 g/mol. The van der Waals surface area contributed by atoms with Crippen LogP contribution in [0.25, 0.3) is 0 Å². The van der Waals surface area contributed by atoms with Gasteiger partial charge >= 0.3 is 0 Å². The first kappa shape index (κ1) is 11.1. The summed E-state index contributed by atoms with van der Waals surface area (Å²) in [5.41, 5.74) is 10.9. The van der Waals surface area contributed by atoms with E-state index in [2.05, 4.69) is 30.9 Å². The molecule has 3 rings (SSSR count). The van der Waals surface area contributed by atoms with Crippen molar-refractivity contribution < 1.29 is 4.74 Å². The molecule has 2 fully saturated rings. The number of likely N-dealkylation sites (tertiary alicyclic amines) is 1. The number of hydrogen-bond donors (Lipinski definition) is 1. The van der Waals surface area contributed by atoms with E-state index in [0.717, 1.165) is 25.4 Å². The standard InChI is InChI=1S/C14H20N2O/c1-9-3-12(15)4-11(10(9)2)6-16-7-14-5-13(16)8-17-14/h3-4,13-14H,5-8,15H2,1-2H3. The van der Waals surface area contributed by atoms with E-state index in [0.29, 0.717) is 12.1 Å². The van der Waals surface area contributed by atoms with E-state index in [4.69, 9.17) is 10.5 Å². The van der Waals surface area contributed by atoms with Crippen molar-refractivity contribution in [2.75, 3.05) is 18.9 Å². The SMILES string of the molecule is Cc1cc(N)cc(CN2CC3CC2CO3)c1C. The number of morpholine rings is 1. The minimum atomic E-state index is 0.475. The molecule has 0 spiro atoms. The lowest BCUT2D eigenvalue weighted by atomic mass is 10.0. The quantitative estimate of drug-likeness (QED) is 0.791. The maximum Gasteiger partial charge on any atom is 0.0718 e. The van der Waals surface area contributed by atoms with Crippen molar-refractivity contribution in [2.24, 2.45) is 0 Å². The maximum atomic E-state index is 5.94. The predicted molar refractivity (Wildman–Crippen MR) is 68.9 cm³/mol. The first-order valence-corrected chi connectivity index (χ1v) is 6.34. The van der Waals surface area contributed by atoms with Gasteiger partial charge in [0.2, 0.25) is 0 Å². The van der Waals surface area contributed by atoms with E-state index >= 15 is 0 Å². The molecule has 2 N–H and O–H groups in total. The third kappa shape index (κ3) is 1.94. The van der Waals surface area contributed by atoms with Gasteiger partial charge in [-0.15, -0.1) is 0 Å². The number of nitrogens with two attached hydrogens (primary N) is 1. The van der Waals surface area contributed by atoms with Gasteiger partial charge in [0.1, 0.15) is 0 Å². The Hall–Kier alpha value is -1.06. The van der Waals surface area contributed by atoms with Crippen molar-refractivity contribution in [1.82, 2.24) is 4.90 Å². The second kappa shape index (κ2) is 4.00. The van der Waals surface area contributed by atoms with Gasteiger partial charge in [-0.1, -0.05) is 0 Å². The van der Waals surface area contributed by atoms with Gasteiger partial charge in [0, 0.05) is 24.8 Å². The van der Waals surface area contributed by atoms with Crippen LogP contribution in [0.15, 0.2) is 12.1 Å². The average Bonchev–Trinajstić information content (AvgIpc) is 2.87. The Labute approximate surface area is 103 Å². The van der Waals surface area contributed by atoms with Crippen LogP contribution >= 0.6 is 0 Å². The Morgan fingerprint density at radius 3 is 2.88 bits per heavy atom. The van der Waals surface area contributed by atoms with Crippen molar-refractivity contribution in [3.8, 4) is 0 Å². The number of ether oxygens (including phenoxy) is 1. The Morgan fingerprint density at radius 1 is 1.41 bits per heavy atom. The molecule has 3 heteroatoms. The van der Waals surface area contributed by atoms with Crippen LogP contribution in [-0.4, -0.2) is 30.2 Å². The van der Waals surface area contributed by atoms with Crippen molar-refractivity contribution in [3.63, 3.8) is 0 Å². The summed E-state index contributed by atoms with van der Waals surface area (Å²) in [4.78, 5) is 2.54. The van der Waals surface area contributed by atoms with Crippen LogP contribution in [0.2, 0.25) is 0 Å². The summed E-state index contributed by atoms with van der Waals surface area (Å²) in [6.07, 6.45) is 1.68. The molecule has 0 aliphatic carbocycles. The fourth-order valence-electron chi connectivity index (χ4n) is 3.02. The molecule has 3 nitrogen and oxygen atoms in total. The molecule has 2 aliphatic heterocycles. The second-order valence-electron chi connectivity index (χ2n) is 5.40. The molecule has 1 aromatic rings. The third-order valence-corrected chi connectivity index (χ3v) is 4.18. The van der Waals surface area contributed by atoms with Crippen LogP contribution in [0.3, 0.4) is 0 Å². The molecule has 92 valence electrons. The van der Waals surface area contributed by atoms with E-state index in [-0.39, 0.29) is 0 Å².